The monoisotopic (exact) mass is 288 g/mol. The molecule has 7 nitrogen and oxygen atoms in total. The number of hydrogen-bond donors (Lipinski definition) is 2. The molecule has 3 rings (SSSR count). The second-order valence-corrected chi connectivity index (χ2v) is 4.76. The summed E-state index contributed by atoms with van der Waals surface area (Å²) in [5.74, 6) is 1.87. The van der Waals surface area contributed by atoms with Crippen LogP contribution in [0.5, 0.6) is 11.5 Å². The number of rotatable bonds is 4. The van der Waals surface area contributed by atoms with E-state index in [1.165, 1.54) is 0 Å². The Morgan fingerprint density at radius 1 is 1.43 bits per heavy atom. The average molecular weight is 288 g/mol. The first-order valence-electron chi connectivity index (χ1n) is 6.56. The number of hydrogen-bond acceptors (Lipinski definition) is 5. The Bertz CT molecular complexity index is 681. The highest BCUT2D eigenvalue weighted by Gasteiger charge is 2.15. The molecule has 0 fully saturated rings. The van der Waals surface area contributed by atoms with Gasteiger partial charge in [0.05, 0.1) is 12.6 Å². The molecule has 1 aliphatic heterocycles. The van der Waals surface area contributed by atoms with Crippen molar-refractivity contribution in [2.75, 3.05) is 12.1 Å². The van der Waals surface area contributed by atoms with E-state index in [1.807, 2.05) is 12.1 Å². The van der Waals surface area contributed by atoms with Crippen LogP contribution in [0, 0.1) is 0 Å². The first kappa shape index (κ1) is 13.4. The fourth-order valence-electron chi connectivity index (χ4n) is 2.21. The van der Waals surface area contributed by atoms with Gasteiger partial charge in [-0.05, 0) is 17.7 Å². The minimum atomic E-state index is -0.132. The number of anilines is 1. The predicted octanol–water partition coefficient (Wildman–Crippen LogP) is 0.789. The van der Waals surface area contributed by atoms with Crippen LogP contribution in [0.4, 0.5) is 5.82 Å². The Morgan fingerprint density at radius 2 is 2.24 bits per heavy atom. The molecule has 3 N–H and O–H groups in total. The lowest BCUT2D eigenvalue weighted by molar-refractivity contribution is -0.115. The summed E-state index contributed by atoms with van der Waals surface area (Å²) < 4.78 is 12.1. The van der Waals surface area contributed by atoms with Crippen LogP contribution in [-0.4, -0.2) is 22.5 Å². The van der Waals surface area contributed by atoms with Crippen molar-refractivity contribution in [2.24, 2.45) is 12.8 Å². The number of benzene rings is 1. The highest BCUT2D eigenvalue weighted by atomic mass is 16.7. The van der Waals surface area contributed by atoms with Crippen molar-refractivity contribution in [3.63, 3.8) is 0 Å². The smallest absolute Gasteiger partial charge is 0.231 e. The Labute approximate surface area is 121 Å². The van der Waals surface area contributed by atoms with Crippen LogP contribution >= 0.6 is 0 Å². The van der Waals surface area contributed by atoms with E-state index in [2.05, 4.69) is 10.4 Å². The van der Waals surface area contributed by atoms with Gasteiger partial charge in [-0.2, -0.15) is 5.10 Å². The van der Waals surface area contributed by atoms with Gasteiger partial charge in [-0.25, -0.2) is 0 Å². The lowest BCUT2D eigenvalue weighted by Crippen LogP contribution is -2.18. The zero-order valence-corrected chi connectivity index (χ0v) is 11.6. The first-order chi connectivity index (χ1) is 10.2. The van der Waals surface area contributed by atoms with E-state index in [4.69, 9.17) is 15.2 Å². The predicted molar refractivity (Wildman–Crippen MR) is 76.0 cm³/mol. The van der Waals surface area contributed by atoms with Gasteiger partial charge < -0.3 is 20.5 Å². The molecule has 1 amide bonds. The van der Waals surface area contributed by atoms with Crippen LogP contribution in [0.3, 0.4) is 0 Å². The molecule has 0 aliphatic carbocycles. The van der Waals surface area contributed by atoms with Crippen molar-refractivity contribution >= 4 is 11.7 Å². The fourth-order valence-corrected chi connectivity index (χ4v) is 2.21. The molecule has 2 aromatic rings. The molecule has 0 saturated carbocycles. The molecule has 0 spiro atoms. The van der Waals surface area contributed by atoms with Gasteiger partial charge in [-0.3, -0.25) is 9.48 Å². The molecule has 21 heavy (non-hydrogen) atoms. The summed E-state index contributed by atoms with van der Waals surface area (Å²) in [6, 6.07) is 5.47. The van der Waals surface area contributed by atoms with Crippen molar-refractivity contribution in [1.82, 2.24) is 9.78 Å². The number of nitrogens with zero attached hydrogens (tertiary/aromatic N) is 2. The molecule has 1 aromatic carbocycles. The lowest BCUT2D eigenvalue weighted by atomic mass is 10.1. The van der Waals surface area contributed by atoms with Gasteiger partial charge in [0.1, 0.15) is 5.82 Å². The molecule has 110 valence electrons. The summed E-state index contributed by atoms with van der Waals surface area (Å²) in [6.45, 7) is 0.549. The maximum Gasteiger partial charge on any atom is 0.231 e. The third-order valence-corrected chi connectivity index (χ3v) is 3.29. The topological polar surface area (TPSA) is 91.4 Å². The van der Waals surface area contributed by atoms with E-state index in [0.717, 1.165) is 11.1 Å². The van der Waals surface area contributed by atoms with Gasteiger partial charge in [-0.1, -0.05) is 6.07 Å². The number of amides is 1. The van der Waals surface area contributed by atoms with Gasteiger partial charge in [0, 0.05) is 19.2 Å². The van der Waals surface area contributed by atoms with E-state index < -0.39 is 0 Å². The van der Waals surface area contributed by atoms with E-state index in [-0.39, 0.29) is 19.1 Å². The summed E-state index contributed by atoms with van der Waals surface area (Å²) in [5, 5.41) is 6.92. The van der Waals surface area contributed by atoms with Crippen LogP contribution < -0.4 is 20.5 Å². The average Bonchev–Trinajstić information content (AvgIpc) is 3.06. The number of carbonyl (C=O) groups excluding carboxylic acids is 1. The molecule has 2 heterocycles. The standard InChI is InChI=1S/C14H16N4O3/c1-18-14(10(6-15)7-16-18)17-13(19)5-9-2-3-11-12(4-9)21-8-20-11/h2-4,7H,5-6,8,15H2,1H3,(H,17,19). The zero-order chi connectivity index (χ0) is 14.8. The Morgan fingerprint density at radius 3 is 3.05 bits per heavy atom. The first-order valence-corrected chi connectivity index (χ1v) is 6.56. The number of ether oxygens (including phenoxy) is 2. The molecule has 1 aliphatic rings. The molecule has 0 atom stereocenters. The van der Waals surface area contributed by atoms with Crippen LogP contribution in [0.2, 0.25) is 0 Å². The Hall–Kier alpha value is -2.54. The van der Waals surface area contributed by atoms with Crippen LogP contribution in [-0.2, 0) is 24.8 Å². The maximum atomic E-state index is 12.1. The van der Waals surface area contributed by atoms with Crippen molar-refractivity contribution in [3.05, 3.63) is 35.5 Å². The molecular weight excluding hydrogens is 272 g/mol. The van der Waals surface area contributed by atoms with Gasteiger partial charge in [0.2, 0.25) is 12.7 Å². The number of nitrogens with one attached hydrogen (secondary N) is 1. The third-order valence-electron chi connectivity index (χ3n) is 3.29. The summed E-state index contributed by atoms with van der Waals surface area (Å²) in [5.41, 5.74) is 7.28. The summed E-state index contributed by atoms with van der Waals surface area (Å²) in [7, 11) is 1.76. The zero-order valence-electron chi connectivity index (χ0n) is 11.6. The number of fused-ring (bicyclic) bond motifs is 1. The van der Waals surface area contributed by atoms with Crippen molar-refractivity contribution < 1.29 is 14.3 Å². The molecule has 7 heteroatoms. The molecule has 1 aromatic heterocycles. The lowest BCUT2D eigenvalue weighted by Gasteiger charge is -2.08. The van der Waals surface area contributed by atoms with E-state index >= 15 is 0 Å². The number of nitrogens with two attached hydrogens (primary N) is 1. The van der Waals surface area contributed by atoms with Crippen molar-refractivity contribution in [2.45, 2.75) is 13.0 Å². The van der Waals surface area contributed by atoms with E-state index in [0.29, 0.717) is 23.9 Å². The normalized spacial score (nSPS) is 12.5. The van der Waals surface area contributed by atoms with Crippen molar-refractivity contribution in [3.8, 4) is 11.5 Å². The summed E-state index contributed by atoms with van der Waals surface area (Å²) in [6.07, 6.45) is 1.89. The maximum absolute atomic E-state index is 12.1. The van der Waals surface area contributed by atoms with Crippen LogP contribution in [0.25, 0.3) is 0 Å². The van der Waals surface area contributed by atoms with E-state index in [1.54, 1.807) is 24.0 Å². The molecule has 0 radical (unpaired) electrons. The summed E-state index contributed by atoms with van der Waals surface area (Å²) in [4.78, 5) is 12.1. The minimum absolute atomic E-state index is 0.132. The Balaban J connectivity index is 1.70. The molecular formula is C14H16N4O3. The van der Waals surface area contributed by atoms with Crippen molar-refractivity contribution in [1.29, 1.82) is 0 Å². The SMILES string of the molecule is Cn1ncc(CN)c1NC(=O)Cc1ccc2c(c1)OCO2. The molecule has 0 unspecified atom stereocenters. The van der Waals surface area contributed by atoms with Gasteiger partial charge in [-0.15, -0.1) is 0 Å². The molecule has 0 saturated heterocycles. The number of aromatic nitrogens is 2. The summed E-state index contributed by atoms with van der Waals surface area (Å²) >= 11 is 0. The fraction of sp³-hybridized carbons (Fsp3) is 0.286. The second-order valence-electron chi connectivity index (χ2n) is 4.76. The third kappa shape index (κ3) is 2.68. The molecule has 0 bridgehead atoms. The van der Waals surface area contributed by atoms with Gasteiger partial charge >= 0.3 is 0 Å². The number of carbonyl (C=O) groups is 1. The quantitative estimate of drug-likeness (QED) is 0.868. The highest BCUT2D eigenvalue weighted by Crippen LogP contribution is 2.32. The minimum Gasteiger partial charge on any atom is -0.454 e. The number of aryl methyl sites for hydroxylation is 1. The highest BCUT2D eigenvalue weighted by molar-refractivity contribution is 5.92. The second kappa shape index (κ2) is 5.45. The van der Waals surface area contributed by atoms with Gasteiger partial charge in [0.15, 0.2) is 11.5 Å². The van der Waals surface area contributed by atoms with Crippen LogP contribution in [0.15, 0.2) is 24.4 Å². The largest absolute Gasteiger partial charge is 0.454 e. The van der Waals surface area contributed by atoms with E-state index in [9.17, 15) is 4.79 Å². The van der Waals surface area contributed by atoms with Gasteiger partial charge in [0.25, 0.3) is 0 Å². The van der Waals surface area contributed by atoms with Crippen LogP contribution in [0.1, 0.15) is 11.1 Å². The Kier molecular flexibility index (Phi) is 3.49.